The van der Waals surface area contributed by atoms with E-state index in [0.29, 0.717) is 6.04 Å². The molecular weight excluding hydrogens is 208 g/mol. The fourth-order valence-corrected chi connectivity index (χ4v) is 2.26. The normalized spacial score (nSPS) is 18.4. The minimum Gasteiger partial charge on any atom is -0.314 e. The van der Waals surface area contributed by atoms with Crippen LogP contribution in [-0.2, 0) is 0 Å². The van der Waals surface area contributed by atoms with Crippen molar-refractivity contribution >= 4 is 0 Å². The van der Waals surface area contributed by atoms with E-state index in [2.05, 4.69) is 44.8 Å². The van der Waals surface area contributed by atoms with Gasteiger partial charge >= 0.3 is 0 Å². The molecular formula is C15H32N2. The fraction of sp³-hybridized carbons (Fsp3) is 1.00. The number of rotatable bonds is 9. The summed E-state index contributed by atoms with van der Waals surface area (Å²) in [5.41, 5.74) is 0. The Morgan fingerprint density at radius 1 is 1.12 bits per heavy atom. The molecule has 1 unspecified atom stereocenters. The van der Waals surface area contributed by atoms with Gasteiger partial charge in [0, 0.05) is 18.6 Å². The lowest BCUT2D eigenvalue weighted by molar-refractivity contribution is 0.218. The van der Waals surface area contributed by atoms with Gasteiger partial charge in [-0.25, -0.2) is 0 Å². The minimum absolute atomic E-state index is 0.618. The van der Waals surface area contributed by atoms with Gasteiger partial charge in [0.1, 0.15) is 0 Å². The highest BCUT2D eigenvalue weighted by atomic mass is 15.2. The average Bonchev–Trinajstić information content (AvgIpc) is 3.04. The first-order valence-electron chi connectivity index (χ1n) is 7.46. The molecule has 0 radical (unpaired) electrons. The Balaban J connectivity index is 2.16. The van der Waals surface area contributed by atoms with E-state index in [1.807, 2.05) is 0 Å². The van der Waals surface area contributed by atoms with Crippen molar-refractivity contribution in [2.24, 2.45) is 11.8 Å². The third-order valence-corrected chi connectivity index (χ3v) is 3.45. The van der Waals surface area contributed by atoms with E-state index in [1.54, 1.807) is 0 Å². The molecule has 1 saturated carbocycles. The van der Waals surface area contributed by atoms with Crippen molar-refractivity contribution in [1.82, 2.24) is 10.2 Å². The van der Waals surface area contributed by atoms with Crippen LogP contribution in [0, 0.1) is 11.8 Å². The Hall–Kier alpha value is -0.0800. The van der Waals surface area contributed by atoms with Gasteiger partial charge in [0.05, 0.1) is 0 Å². The standard InChI is InChI=1S/C15H32N2/c1-12(2)11-17(15-6-7-15)9-8-14(5)10-16-13(3)4/h12-16H,6-11H2,1-5H3. The molecule has 0 aromatic rings. The maximum Gasteiger partial charge on any atom is 0.00965 e. The third kappa shape index (κ3) is 7.05. The lowest BCUT2D eigenvalue weighted by Gasteiger charge is -2.25. The summed E-state index contributed by atoms with van der Waals surface area (Å²) in [6.45, 7) is 15.2. The summed E-state index contributed by atoms with van der Waals surface area (Å²) >= 11 is 0. The van der Waals surface area contributed by atoms with Crippen molar-refractivity contribution in [3.8, 4) is 0 Å². The Morgan fingerprint density at radius 2 is 1.76 bits per heavy atom. The van der Waals surface area contributed by atoms with Crippen LogP contribution in [0.3, 0.4) is 0 Å². The quantitative estimate of drug-likeness (QED) is 0.666. The maximum atomic E-state index is 3.54. The van der Waals surface area contributed by atoms with Gasteiger partial charge in [-0.1, -0.05) is 34.6 Å². The second-order valence-corrected chi connectivity index (χ2v) is 6.58. The highest BCUT2D eigenvalue weighted by Crippen LogP contribution is 2.28. The molecule has 2 heteroatoms. The number of nitrogens with one attached hydrogen (secondary N) is 1. The molecule has 17 heavy (non-hydrogen) atoms. The van der Waals surface area contributed by atoms with Crippen molar-refractivity contribution < 1.29 is 0 Å². The van der Waals surface area contributed by atoms with Crippen molar-refractivity contribution in [2.75, 3.05) is 19.6 Å². The van der Waals surface area contributed by atoms with Crippen LogP contribution in [0.25, 0.3) is 0 Å². The highest BCUT2D eigenvalue weighted by molar-refractivity contribution is 4.85. The SMILES string of the molecule is CC(C)CN(CCC(C)CNC(C)C)C1CC1. The van der Waals surface area contributed by atoms with Crippen LogP contribution in [-0.4, -0.2) is 36.6 Å². The molecule has 0 spiro atoms. The summed E-state index contributed by atoms with van der Waals surface area (Å²) < 4.78 is 0. The van der Waals surface area contributed by atoms with Gasteiger partial charge in [0.25, 0.3) is 0 Å². The topological polar surface area (TPSA) is 15.3 Å². The molecule has 2 nitrogen and oxygen atoms in total. The summed E-state index contributed by atoms with van der Waals surface area (Å²) in [6.07, 6.45) is 4.21. The first kappa shape index (κ1) is 15.0. The van der Waals surface area contributed by atoms with Crippen molar-refractivity contribution in [1.29, 1.82) is 0 Å². The molecule has 1 fully saturated rings. The second-order valence-electron chi connectivity index (χ2n) is 6.58. The summed E-state index contributed by atoms with van der Waals surface area (Å²) in [5.74, 6) is 1.60. The average molecular weight is 240 g/mol. The molecule has 0 aliphatic heterocycles. The lowest BCUT2D eigenvalue weighted by atomic mass is 10.1. The Labute approximate surface area is 108 Å². The molecule has 0 amide bonds. The molecule has 1 atom stereocenters. The van der Waals surface area contributed by atoms with Crippen LogP contribution in [0.15, 0.2) is 0 Å². The van der Waals surface area contributed by atoms with Crippen LogP contribution >= 0.6 is 0 Å². The highest BCUT2D eigenvalue weighted by Gasteiger charge is 2.28. The summed E-state index contributed by atoms with van der Waals surface area (Å²) in [4.78, 5) is 2.72. The zero-order valence-corrected chi connectivity index (χ0v) is 12.5. The number of hydrogen-bond donors (Lipinski definition) is 1. The smallest absolute Gasteiger partial charge is 0.00965 e. The van der Waals surface area contributed by atoms with Crippen molar-refractivity contribution in [2.45, 2.75) is 66.0 Å². The van der Waals surface area contributed by atoms with Crippen molar-refractivity contribution in [3.05, 3.63) is 0 Å². The van der Waals surface area contributed by atoms with Gasteiger partial charge in [-0.2, -0.15) is 0 Å². The van der Waals surface area contributed by atoms with Crippen molar-refractivity contribution in [3.63, 3.8) is 0 Å². The van der Waals surface area contributed by atoms with E-state index >= 15 is 0 Å². The zero-order valence-electron chi connectivity index (χ0n) is 12.5. The van der Waals surface area contributed by atoms with Crippen LogP contribution in [0.1, 0.15) is 53.9 Å². The molecule has 0 heterocycles. The molecule has 1 aliphatic rings. The summed E-state index contributed by atoms with van der Waals surface area (Å²) in [7, 11) is 0. The van der Waals surface area contributed by atoms with Gasteiger partial charge < -0.3 is 10.2 Å². The summed E-state index contributed by atoms with van der Waals surface area (Å²) in [6, 6.07) is 1.54. The molecule has 102 valence electrons. The first-order chi connectivity index (χ1) is 7.99. The Kier molecular flexibility index (Phi) is 6.50. The molecule has 0 bridgehead atoms. The maximum absolute atomic E-state index is 3.54. The first-order valence-corrected chi connectivity index (χ1v) is 7.46. The van der Waals surface area contributed by atoms with E-state index in [1.165, 1.54) is 32.4 Å². The predicted molar refractivity (Wildman–Crippen MR) is 76.4 cm³/mol. The zero-order chi connectivity index (χ0) is 12.8. The monoisotopic (exact) mass is 240 g/mol. The molecule has 0 aromatic carbocycles. The fourth-order valence-electron chi connectivity index (χ4n) is 2.26. The summed E-state index contributed by atoms with van der Waals surface area (Å²) in [5, 5.41) is 3.54. The molecule has 1 N–H and O–H groups in total. The van der Waals surface area contributed by atoms with Gasteiger partial charge in [0.2, 0.25) is 0 Å². The number of nitrogens with zero attached hydrogens (tertiary/aromatic N) is 1. The lowest BCUT2D eigenvalue weighted by Crippen LogP contribution is -2.34. The Bertz CT molecular complexity index is 197. The van der Waals surface area contributed by atoms with Gasteiger partial charge in [-0.3, -0.25) is 0 Å². The van der Waals surface area contributed by atoms with Crippen LogP contribution in [0.4, 0.5) is 0 Å². The van der Waals surface area contributed by atoms with Gasteiger partial charge in [-0.15, -0.1) is 0 Å². The number of hydrogen-bond acceptors (Lipinski definition) is 2. The largest absolute Gasteiger partial charge is 0.314 e. The van der Waals surface area contributed by atoms with E-state index in [9.17, 15) is 0 Å². The molecule has 1 rings (SSSR count). The second kappa shape index (κ2) is 7.38. The molecule has 1 aliphatic carbocycles. The minimum atomic E-state index is 0.618. The van der Waals surface area contributed by atoms with Gasteiger partial charge in [0.15, 0.2) is 0 Å². The van der Waals surface area contributed by atoms with E-state index in [4.69, 9.17) is 0 Å². The Morgan fingerprint density at radius 3 is 2.24 bits per heavy atom. The van der Waals surface area contributed by atoms with Crippen LogP contribution in [0.2, 0.25) is 0 Å². The van der Waals surface area contributed by atoms with E-state index in [-0.39, 0.29) is 0 Å². The third-order valence-electron chi connectivity index (χ3n) is 3.45. The molecule has 0 saturated heterocycles. The predicted octanol–water partition coefficient (Wildman–Crippen LogP) is 3.13. The molecule has 0 aromatic heterocycles. The van der Waals surface area contributed by atoms with E-state index < -0.39 is 0 Å². The van der Waals surface area contributed by atoms with Crippen LogP contribution in [0.5, 0.6) is 0 Å². The van der Waals surface area contributed by atoms with Gasteiger partial charge in [-0.05, 0) is 44.2 Å². The van der Waals surface area contributed by atoms with Crippen LogP contribution < -0.4 is 5.32 Å². The van der Waals surface area contributed by atoms with E-state index in [0.717, 1.165) is 24.4 Å².